The van der Waals surface area contributed by atoms with Crippen LogP contribution in [0.25, 0.3) is 82.1 Å². The van der Waals surface area contributed by atoms with Crippen LogP contribution in [0.4, 0.5) is 17.1 Å². The van der Waals surface area contributed by atoms with Gasteiger partial charge >= 0.3 is 0 Å². The van der Waals surface area contributed by atoms with Crippen LogP contribution in [-0.4, -0.2) is 4.57 Å². The van der Waals surface area contributed by atoms with Gasteiger partial charge in [0.25, 0.3) is 0 Å². The van der Waals surface area contributed by atoms with E-state index in [0.29, 0.717) is 11.1 Å². The molecule has 10 aromatic carbocycles. The molecule has 2 aromatic heterocycles. The molecule has 3 heterocycles. The molecule has 12 aromatic rings. The van der Waals surface area contributed by atoms with Gasteiger partial charge in [-0.05, 0) is 98.4 Å². The second-order valence-electron chi connectivity index (χ2n) is 17.1. The molecule has 2 aliphatic rings. The van der Waals surface area contributed by atoms with Crippen LogP contribution in [0.1, 0.15) is 33.4 Å². The van der Waals surface area contributed by atoms with Crippen molar-refractivity contribution in [3.8, 4) is 22.9 Å². The molecule has 1 aliphatic carbocycles. The number of aryl methyl sites for hydroxylation is 1. The average Bonchev–Trinajstić information content (AvgIpc) is 3.99. The highest BCUT2D eigenvalue weighted by Crippen LogP contribution is 2.64. The highest BCUT2D eigenvalue weighted by Gasteiger charge is 2.52. The quantitative estimate of drug-likeness (QED) is 0.179. The van der Waals surface area contributed by atoms with E-state index in [0.717, 1.165) is 44.4 Å². The van der Waals surface area contributed by atoms with Crippen molar-refractivity contribution in [2.75, 3.05) is 4.90 Å². The van der Waals surface area contributed by atoms with Crippen LogP contribution in [0, 0.1) is 18.3 Å². The Bertz CT molecular complexity index is 4030. The summed E-state index contributed by atoms with van der Waals surface area (Å²) in [7, 11) is 0. The van der Waals surface area contributed by atoms with Crippen molar-refractivity contribution in [1.29, 1.82) is 5.26 Å². The molecule has 1 unspecified atom stereocenters. The largest absolute Gasteiger partial charge is 0.452 e. The first-order chi connectivity index (χ1) is 31.2. The third kappa shape index (κ3) is 4.24. The van der Waals surface area contributed by atoms with E-state index in [1.807, 2.05) is 12.1 Å². The van der Waals surface area contributed by atoms with Gasteiger partial charge in [0, 0.05) is 32.6 Å². The van der Waals surface area contributed by atoms with Gasteiger partial charge in [-0.2, -0.15) is 5.26 Å². The molecule has 0 saturated heterocycles. The zero-order valence-corrected chi connectivity index (χ0v) is 34.2. The summed E-state index contributed by atoms with van der Waals surface area (Å²) in [6.07, 6.45) is 0. The number of hydrogen-bond donors (Lipinski definition) is 0. The van der Waals surface area contributed by atoms with E-state index in [-0.39, 0.29) is 0 Å². The molecule has 0 bridgehead atoms. The van der Waals surface area contributed by atoms with Crippen LogP contribution in [0.15, 0.2) is 199 Å². The van der Waals surface area contributed by atoms with Gasteiger partial charge in [0.1, 0.15) is 6.07 Å². The molecule has 4 nitrogen and oxygen atoms in total. The number of hydrogen-bond acceptors (Lipinski definition) is 3. The van der Waals surface area contributed by atoms with Gasteiger partial charge in [-0.25, -0.2) is 0 Å². The molecule has 1 aliphatic heterocycles. The molecular formula is C59H35N3O. The molecule has 1 spiro atoms. The van der Waals surface area contributed by atoms with Crippen molar-refractivity contribution in [2.24, 2.45) is 0 Å². The Morgan fingerprint density at radius 2 is 1.11 bits per heavy atom. The zero-order chi connectivity index (χ0) is 41.6. The van der Waals surface area contributed by atoms with E-state index in [1.54, 1.807) is 0 Å². The van der Waals surface area contributed by atoms with Crippen LogP contribution in [0.5, 0.6) is 0 Å². The summed E-state index contributed by atoms with van der Waals surface area (Å²) in [6, 6.07) is 73.2. The van der Waals surface area contributed by atoms with Crippen LogP contribution in [-0.2, 0) is 5.41 Å². The Kier molecular flexibility index (Phi) is 6.73. The van der Waals surface area contributed by atoms with Gasteiger partial charge < -0.3 is 13.9 Å². The Balaban J connectivity index is 1.20. The number of fused-ring (bicyclic) bond motifs is 19. The first-order valence-corrected chi connectivity index (χ1v) is 21.6. The Morgan fingerprint density at radius 3 is 1.98 bits per heavy atom. The molecular weight excluding hydrogens is 767 g/mol. The normalized spacial score (nSPS) is 14.8. The Hall–Kier alpha value is -8.39. The van der Waals surface area contributed by atoms with E-state index in [1.165, 1.54) is 77.0 Å². The third-order valence-electron chi connectivity index (χ3n) is 14.1. The molecule has 0 amide bonds. The van der Waals surface area contributed by atoms with Gasteiger partial charge in [0.15, 0.2) is 11.2 Å². The third-order valence-corrected chi connectivity index (χ3v) is 14.1. The summed E-state index contributed by atoms with van der Waals surface area (Å²) in [4.78, 5) is 2.41. The van der Waals surface area contributed by atoms with Crippen molar-refractivity contribution in [1.82, 2.24) is 4.57 Å². The maximum absolute atomic E-state index is 10.2. The van der Waals surface area contributed by atoms with E-state index in [9.17, 15) is 5.26 Å². The topological polar surface area (TPSA) is 45.1 Å². The molecule has 0 N–H and O–H groups in total. The smallest absolute Gasteiger partial charge is 0.159 e. The van der Waals surface area contributed by atoms with Crippen molar-refractivity contribution >= 4 is 82.4 Å². The van der Waals surface area contributed by atoms with E-state index in [2.05, 4.69) is 204 Å². The van der Waals surface area contributed by atoms with Gasteiger partial charge in [-0.3, -0.25) is 0 Å². The minimum atomic E-state index is -0.682. The summed E-state index contributed by atoms with van der Waals surface area (Å²) >= 11 is 0. The van der Waals surface area contributed by atoms with Crippen molar-refractivity contribution in [2.45, 2.75) is 12.3 Å². The van der Waals surface area contributed by atoms with Crippen molar-refractivity contribution in [3.63, 3.8) is 0 Å². The molecule has 0 saturated carbocycles. The maximum Gasteiger partial charge on any atom is 0.159 e. The van der Waals surface area contributed by atoms with Crippen molar-refractivity contribution in [3.05, 3.63) is 228 Å². The number of furan rings is 1. The lowest BCUT2D eigenvalue weighted by Crippen LogP contribution is -2.33. The van der Waals surface area contributed by atoms with Gasteiger partial charge in [0.2, 0.25) is 0 Å². The van der Waals surface area contributed by atoms with Crippen LogP contribution in [0.3, 0.4) is 0 Å². The van der Waals surface area contributed by atoms with E-state index >= 15 is 0 Å². The first-order valence-electron chi connectivity index (χ1n) is 21.6. The second kappa shape index (κ2) is 12.4. The number of rotatable bonds is 3. The Labute approximate surface area is 362 Å². The number of para-hydroxylation sites is 6. The van der Waals surface area contributed by atoms with E-state index in [4.69, 9.17) is 4.42 Å². The average molecular weight is 802 g/mol. The van der Waals surface area contributed by atoms with Gasteiger partial charge in [-0.1, -0.05) is 158 Å². The summed E-state index contributed by atoms with van der Waals surface area (Å²) in [6.45, 7) is 2.19. The fourth-order valence-corrected chi connectivity index (χ4v) is 11.7. The highest BCUT2D eigenvalue weighted by atomic mass is 16.3. The van der Waals surface area contributed by atoms with E-state index < -0.39 is 5.41 Å². The lowest BCUT2D eigenvalue weighted by Gasteiger charge is -2.40. The zero-order valence-electron chi connectivity index (χ0n) is 34.2. The minimum Gasteiger partial charge on any atom is -0.452 e. The number of aromatic nitrogens is 1. The SMILES string of the molecule is Cc1ccccc1N(c1cc2c(c3ccccc13)-c1c(ccc3ccccc13)C21c2ccccc2-n2c3ccccc3c3cccc1c32)c1cccc2c1oc1c(C#N)cccc12. The predicted molar refractivity (Wildman–Crippen MR) is 258 cm³/mol. The summed E-state index contributed by atoms with van der Waals surface area (Å²) in [5.74, 6) is 0. The number of nitriles is 1. The minimum absolute atomic E-state index is 0.523. The number of benzene rings is 10. The maximum atomic E-state index is 10.2. The molecule has 292 valence electrons. The highest BCUT2D eigenvalue weighted by molar-refractivity contribution is 6.20. The summed E-state index contributed by atoms with van der Waals surface area (Å²) in [5, 5.41) is 19.4. The molecule has 0 fully saturated rings. The predicted octanol–water partition coefficient (Wildman–Crippen LogP) is 15.3. The van der Waals surface area contributed by atoms with Crippen LogP contribution < -0.4 is 4.90 Å². The van der Waals surface area contributed by atoms with Gasteiger partial charge in [-0.15, -0.1) is 0 Å². The van der Waals surface area contributed by atoms with Crippen LogP contribution in [0.2, 0.25) is 0 Å². The van der Waals surface area contributed by atoms with Crippen molar-refractivity contribution < 1.29 is 4.42 Å². The molecule has 0 radical (unpaired) electrons. The number of nitrogens with zero attached hydrogens (tertiary/aromatic N) is 3. The molecule has 1 atom stereocenters. The van der Waals surface area contributed by atoms with Gasteiger partial charge in [0.05, 0.1) is 39.1 Å². The lowest BCUT2D eigenvalue weighted by molar-refractivity contribution is 0.668. The monoisotopic (exact) mass is 801 g/mol. The molecule has 63 heavy (non-hydrogen) atoms. The standard InChI is InChI=1S/C59H35N3O/c1-35-15-2-9-27-49(35)61(52-30-14-24-44-43-23-12-17-37(34-60)57(43)63-58(44)52)53-33-48-55(41-21-6-5-19-39(41)53)54-38-18-4-3-16-36(38)31-32-46(54)59(48)45-25-8-11-29-51(45)62-50-28-10-7-20-40(50)42-22-13-26-47(59)56(42)62/h2-33H,1H3. The Morgan fingerprint density at radius 1 is 0.476 bits per heavy atom. The molecule has 14 rings (SSSR count). The lowest BCUT2D eigenvalue weighted by atomic mass is 9.65. The first kappa shape index (κ1) is 34.3. The molecule has 4 heteroatoms. The fraction of sp³-hybridized carbons (Fsp3) is 0.0339. The van der Waals surface area contributed by atoms with Crippen LogP contribution >= 0.6 is 0 Å². The second-order valence-corrected chi connectivity index (χ2v) is 17.1. The fourth-order valence-electron chi connectivity index (χ4n) is 11.7. The summed E-state index contributed by atoms with van der Waals surface area (Å²) in [5.41, 5.74) is 16.6. The summed E-state index contributed by atoms with van der Waals surface area (Å²) < 4.78 is 9.38. The number of anilines is 3.